The third-order valence-electron chi connectivity index (χ3n) is 5.97. The van der Waals surface area contributed by atoms with E-state index in [-0.39, 0.29) is 33.9 Å². The zero-order chi connectivity index (χ0) is 27.0. The first-order chi connectivity index (χ1) is 18.2. The monoisotopic (exact) mass is 533 g/mol. The highest BCUT2D eigenvalue weighted by Crippen LogP contribution is 2.28. The van der Waals surface area contributed by atoms with Gasteiger partial charge < -0.3 is 5.73 Å². The van der Waals surface area contributed by atoms with E-state index < -0.39 is 27.3 Å². The molecule has 0 aliphatic carbocycles. The molecule has 2 heterocycles. The number of nitrogens with zero attached hydrogens (tertiary/aromatic N) is 3. The summed E-state index contributed by atoms with van der Waals surface area (Å²) < 4.78 is 57.3. The second-order valence-corrected chi connectivity index (χ2v) is 10.1. The maximum absolute atomic E-state index is 14.2. The van der Waals surface area contributed by atoms with Gasteiger partial charge in [0, 0.05) is 17.8 Å². The number of benzene rings is 3. The minimum atomic E-state index is -4.29. The summed E-state index contributed by atoms with van der Waals surface area (Å²) in [6.07, 6.45) is 1.78. The van der Waals surface area contributed by atoms with Crippen LogP contribution >= 0.6 is 0 Å². The Morgan fingerprint density at radius 3 is 2.45 bits per heavy atom. The molecule has 192 valence electrons. The molecule has 8 nitrogen and oxygen atoms in total. The Bertz CT molecular complexity index is 1860. The average Bonchev–Trinajstić information content (AvgIpc) is 2.90. The number of nitrogens with one attached hydrogen (secondary N) is 1. The molecule has 5 rings (SSSR count). The van der Waals surface area contributed by atoms with Crippen LogP contribution in [0, 0.1) is 11.6 Å². The predicted molar refractivity (Wildman–Crippen MR) is 142 cm³/mol. The lowest BCUT2D eigenvalue weighted by molar-refractivity contribution is 0.582. The highest BCUT2D eigenvalue weighted by atomic mass is 32.2. The molecular formula is C27H21F2N5O3S. The lowest BCUT2D eigenvalue weighted by atomic mass is 10.0. The molecule has 0 spiro atoms. The fraction of sp³-hybridized carbons (Fsp3) is 0.0741. The number of sulfonamides is 1. The topological polar surface area (TPSA) is 120 Å². The van der Waals surface area contributed by atoms with E-state index in [4.69, 9.17) is 5.73 Å². The van der Waals surface area contributed by atoms with Gasteiger partial charge in [0.1, 0.15) is 16.5 Å². The summed E-state index contributed by atoms with van der Waals surface area (Å²) in [4.78, 5) is 21.9. The van der Waals surface area contributed by atoms with Crippen molar-refractivity contribution in [3.05, 3.63) is 107 Å². The Morgan fingerprint density at radius 2 is 1.74 bits per heavy atom. The van der Waals surface area contributed by atoms with E-state index >= 15 is 0 Å². The van der Waals surface area contributed by atoms with Gasteiger partial charge in [-0.3, -0.25) is 14.5 Å². The molecule has 0 fully saturated rings. The van der Waals surface area contributed by atoms with Crippen LogP contribution in [0.25, 0.3) is 27.7 Å². The number of hydrogen-bond donors (Lipinski definition) is 2. The summed E-state index contributed by atoms with van der Waals surface area (Å²) in [6, 6.07) is 17.7. The maximum atomic E-state index is 14.2. The molecule has 5 aromatic rings. The SMILES string of the molecule is CCc1ncc(-c2ccc3nc(N)n(-c4ccccc4)c(=O)c3c2)cc1S(=O)(=O)Nc1ccc(F)cc1F. The Hall–Kier alpha value is -4.64. The Kier molecular flexibility index (Phi) is 6.37. The van der Waals surface area contributed by atoms with Crippen LogP contribution in [-0.2, 0) is 16.4 Å². The van der Waals surface area contributed by atoms with Gasteiger partial charge >= 0.3 is 0 Å². The molecule has 0 aliphatic heterocycles. The Balaban J connectivity index is 1.61. The van der Waals surface area contributed by atoms with Gasteiger partial charge in [-0.15, -0.1) is 0 Å². The summed E-state index contributed by atoms with van der Waals surface area (Å²) >= 11 is 0. The number of anilines is 2. The number of fused-ring (bicyclic) bond motifs is 1. The normalized spacial score (nSPS) is 11.6. The van der Waals surface area contributed by atoms with Crippen LogP contribution in [0.1, 0.15) is 12.6 Å². The first kappa shape index (κ1) is 25.0. The number of rotatable bonds is 6. The number of nitrogen functional groups attached to an aromatic ring is 1. The third kappa shape index (κ3) is 4.59. The van der Waals surface area contributed by atoms with Crippen molar-refractivity contribution in [1.82, 2.24) is 14.5 Å². The number of aromatic nitrogens is 3. The Labute approximate surface area is 216 Å². The van der Waals surface area contributed by atoms with Crippen molar-refractivity contribution >= 4 is 32.6 Å². The van der Waals surface area contributed by atoms with Crippen LogP contribution in [0.2, 0.25) is 0 Å². The zero-order valence-electron chi connectivity index (χ0n) is 20.0. The van der Waals surface area contributed by atoms with Crippen LogP contribution in [-0.4, -0.2) is 23.0 Å². The van der Waals surface area contributed by atoms with E-state index in [0.29, 0.717) is 28.4 Å². The van der Waals surface area contributed by atoms with E-state index in [9.17, 15) is 22.0 Å². The van der Waals surface area contributed by atoms with E-state index in [1.165, 1.54) is 16.8 Å². The van der Waals surface area contributed by atoms with Crippen molar-refractivity contribution in [2.45, 2.75) is 18.2 Å². The number of hydrogen-bond acceptors (Lipinski definition) is 6. The molecule has 2 aromatic heterocycles. The second-order valence-electron chi connectivity index (χ2n) is 8.43. The lowest BCUT2D eigenvalue weighted by Gasteiger charge is -2.14. The summed E-state index contributed by atoms with van der Waals surface area (Å²) in [7, 11) is -4.29. The van der Waals surface area contributed by atoms with Crippen molar-refractivity contribution in [2.75, 3.05) is 10.5 Å². The molecule has 3 N–H and O–H groups in total. The lowest BCUT2D eigenvalue weighted by Crippen LogP contribution is -2.23. The smallest absolute Gasteiger partial charge is 0.267 e. The molecule has 38 heavy (non-hydrogen) atoms. The highest BCUT2D eigenvalue weighted by Gasteiger charge is 2.22. The number of pyridine rings is 1. The summed E-state index contributed by atoms with van der Waals surface area (Å²) in [5, 5.41) is 0.274. The fourth-order valence-electron chi connectivity index (χ4n) is 4.11. The van der Waals surface area contributed by atoms with Crippen LogP contribution in [0.5, 0.6) is 0 Å². The average molecular weight is 534 g/mol. The van der Waals surface area contributed by atoms with Crippen molar-refractivity contribution in [2.24, 2.45) is 0 Å². The third-order valence-corrected chi connectivity index (χ3v) is 7.39. The molecule has 0 saturated carbocycles. The maximum Gasteiger partial charge on any atom is 0.267 e. The van der Waals surface area contributed by atoms with Gasteiger partial charge in [-0.25, -0.2) is 26.7 Å². The van der Waals surface area contributed by atoms with Gasteiger partial charge in [-0.1, -0.05) is 31.2 Å². The molecule has 0 aliphatic rings. The van der Waals surface area contributed by atoms with Gasteiger partial charge in [0.25, 0.3) is 15.6 Å². The van der Waals surface area contributed by atoms with Gasteiger partial charge in [0.05, 0.1) is 28.0 Å². The molecule has 11 heteroatoms. The fourth-order valence-corrected chi connectivity index (χ4v) is 5.46. The number of para-hydroxylation sites is 1. The number of nitrogens with two attached hydrogens (primary N) is 1. The van der Waals surface area contributed by atoms with E-state index in [2.05, 4.69) is 14.7 Å². The van der Waals surface area contributed by atoms with Crippen LogP contribution in [0.15, 0.2) is 88.7 Å². The molecule has 0 amide bonds. The van der Waals surface area contributed by atoms with Gasteiger partial charge in [-0.05, 0) is 54.4 Å². The van der Waals surface area contributed by atoms with Gasteiger partial charge in [0.15, 0.2) is 0 Å². The summed E-state index contributed by atoms with van der Waals surface area (Å²) in [5.41, 5.74) is 7.40. The minimum Gasteiger partial charge on any atom is -0.369 e. The van der Waals surface area contributed by atoms with Crippen molar-refractivity contribution in [3.63, 3.8) is 0 Å². The summed E-state index contributed by atoms with van der Waals surface area (Å²) in [5.74, 6) is -1.85. The van der Waals surface area contributed by atoms with Crippen LogP contribution in [0.4, 0.5) is 20.4 Å². The van der Waals surface area contributed by atoms with Crippen molar-refractivity contribution in [3.8, 4) is 16.8 Å². The molecule has 0 atom stereocenters. The Morgan fingerprint density at radius 1 is 0.974 bits per heavy atom. The largest absolute Gasteiger partial charge is 0.369 e. The highest BCUT2D eigenvalue weighted by molar-refractivity contribution is 7.92. The minimum absolute atomic E-state index is 0.0305. The van der Waals surface area contributed by atoms with Crippen LogP contribution in [0.3, 0.4) is 0 Å². The molecule has 0 radical (unpaired) electrons. The molecule has 0 saturated heterocycles. The quantitative estimate of drug-likeness (QED) is 0.327. The first-order valence-corrected chi connectivity index (χ1v) is 13.0. The van der Waals surface area contributed by atoms with Gasteiger partial charge in [-0.2, -0.15) is 0 Å². The standard InChI is InChI=1S/C27H21F2N5O3S/c1-2-22-25(38(36,37)33-24-11-9-18(28)14-21(24)29)13-17(15-31-22)16-8-10-23-20(12-16)26(35)34(27(30)32-23)19-6-4-3-5-7-19/h3-15,33H,2H2,1H3,(H2,30,32). The molecule has 3 aromatic carbocycles. The van der Waals surface area contributed by atoms with Crippen LogP contribution < -0.4 is 16.0 Å². The molecular weight excluding hydrogens is 512 g/mol. The first-order valence-electron chi connectivity index (χ1n) is 11.5. The van der Waals surface area contributed by atoms with E-state index in [1.54, 1.807) is 49.4 Å². The van der Waals surface area contributed by atoms with Gasteiger partial charge in [0.2, 0.25) is 5.95 Å². The number of halogens is 2. The number of aryl methyl sites for hydroxylation is 1. The molecule has 0 bridgehead atoms. The zero-order valence-corrected chi connectivity index (χ0v) is 20.8. The summed E-state index contributed by atoms with van der Waals surface area (Å²) in [6.45, 7) is 1.73. The van der Waals surface area contributed by atoms with Crippen molar-refractivity contribution < 1.29 is 17.2 Å². The van der Waals surface area contributed by atoms with E-state index in [1.807, 2.05) is 6.07 Å². The molecule has 0 unspecified atom stereocenters. The predicted octanol–water partition coefficient (Wildman–Crippen LogP) is 4.67. The van der Waals surface area contributed by atoms with E-state index in [0.717, 1.165) is 12.1 Å². The van der Waals surface area contributed by atoms with Crippen molar-refractivity contribution in [1.29, 1.82) is 0 Å². The second kappa shape index (κ2) is 9.67.